The van der Waals surface area contributed by atoms with Gasteiger partial charge in [0.2, 0.25) is 17.7 Å². The molecule has 0 aromatic rings. The molecule has 226 valence electrons. The highest BCUT2D eigenvalue weighted by Gasteiger charge is 2.77. The van der Waals surface area contributed by atoms with Gasteiger partial charge in [-0.3, -0.25) is 14.4 Å². The average molecular weight is 576 g/mol. The smallest absolute Gasteiger partial charge is 0.247 e. The number of aliphatic hydroxyl groups is 1. The van der Waals surface area contributed by atoms with Crippen LogP contribution in [-0.4, -0.2) is 91.4 Å². The molecule has 40 heavy (non-hydrogen) atoms. The Kier molecular flexibility index (Phi) is 9.98. The first-order valence-corrected chi connectivity index (χ1v) is 15.9. The largest absolute Gasteiger partial charge is 0.396 e. The van der Waals surface area contributed by atoms with Crippen molar-refractivity contribution in [2.24, 2.45) is 17.3 Å². The Balaban J connectivity index is 2.11. The number of carbonyl (C=O) groups is 3. The van der Waals surface area contributed by atoms with Crippen LogP contribution in [0.3, 0.4) is 0 Å². The number of unbranched alkanes of at least 4 members (excludes halogenated alkanes) is 1. The van der Waals surface area contributed by atoms with Gasteiger partial charge < -0.3 is 19.8 Å². The van der Waals surface area contributed by atoms with Crippen LogP contribution < -0.4 is 0 Å². The van der Waals surface area contributed by atoms with Crippen LogP contribution in [0.25, 0.3) is 0 Å². The molecule has 3 heterocycles. The molecular formula is C32H53N3O4S. The van der Waals surface area contributed by atoms with Gasteiger partial charge in [-0.15, -0.1) is 24.9 Å². The molecule has 3 saturated heterocycles. The van der Waals surface area contributed by atoms with Gasteiger partial charge in [0, 0.05) is 43.1 Å². The van der Waals surface area contributed by atoms with Crippen molar-refractivity contribution in [2.75, 3.05) is 32.8 Å². The second-order valence-electron chi connectivity index (χ2n) is 14.1. The van der Waals surface area contributed by atoms with Crippen LogP contribution in [0.15, 0.2) is 25.3 Å². The highest BCUT2D eigenvalue weighted by Crippen LogP contribution is 2.71. The Morgan fingerprint density at radius 3 is 2.30 bits per heavy atom. The molecule has 0 radical (unpaired) electrons. The molecule has 3 rings (SSSR count). The lowest BCUT2D eigenvalue weighted by Gasteiger charge is -2.46. The van der Waals surface area contributed by atoms with E-state index >= 15 is 0 Å². The van der Waals surface area contributed by atoms with E-state index in [1.165, 1.54) is 0 Å². The van der Waals surface area contributed by atoms with E-state index < -0.39 is 32.9 Å². The normalized spacial score (nSPS) is 29.4. The maximum absolute atomic E-state index is 14.8. The van der Waals surface area contributed by atoms with E-state index in [2.05, 4.69) is 54.7 Å². The van der Waals surface area contributed by atoms with Crippen molar-refractivity contribution >= 4 is 29.5 Å². The van der Waals surface area contributed by atoms with Crippen LogP contribution in [0.1, 0.15) is 87.0 Å². The molecule has 0 aromatic heterocycles. The monoisotopic (exact) mass is 575 g/mol. The van der Waals surface area contributed by atoms with Crippen molar-refractivity contribution in [2.45, 2.75) is 108 Å². The Labute approximate surface area is 246 Å². The lowest BCUT2D eigenvalue weighted by Crippen LogP contribution is -2.60. The SMILES string of the molecule is C=CCN(CCC)C(=O)[C@@H]1[C@H]2C(=O)N(CCCCO)C(C(=O)N(CC=C)C(C)(C)CC(C)(C)C)C23CC[C@@]1(C)S3. The van der Waals surface area contributed by atoms with Crippen molar-refractivity contribution in [1.29, 1.82) is 0 Å². The lowest BCUT2D eigenvalue weighted by molar-refractivity contribution is -0.147. The van der Waals surface area contributed by atoms with E-state index in [1.807, 2.05) is 16.7 Å². The second kappa shape index (κ2) is 12.2. The Bertz CT molecular complexity index is 991. The van der Waals surface area contributed by atoms with Gasteiger partial charge in [-0.1, -0.05) is 39.8 Å². The van der Waals surface area contributed by atoms with Crippen molar-refractivity contribution < 1.29 is 19.5 Å². The summed E-state index contributed by atoms with van der Waals surface area (Å²) in [5, 5.41) is 9.48. The number of carbonyl (C=O) groups excluding carboxylic acids is 3. The van der Waals surface area contributed by atoms with Gasteiger partial charge in [-0.25, -0.2) is 0 Å². The van der Waals surface area contributed by atoms with E-state index in [4.69, 9.17) is 0 Å². The van der Waals surface area contributed by atoms with E-state index in [0.717, 1.165) is 25.7 Å². The molecule has 0 saturated carbocycles. The maximum atomic E-state index is 14.8. The summed E-state index contributed by atoms with van der Waals surface area (Å²) in [6.45, 7) is 24.6. The molecule has 8 heteroatoms. The summed E-state index contributed by atoms with van der Waals surface area (Å²) in [7, 11) is 0. The van der Waals surface area contributed by atoms with E-state index in [1.54, 1.807) is 28.8 Å². The highest BCUT2D eigenvalue weighted by molar-refractivity contribution is 8.02. The zero-order valence-electron chi connectivity index (χ0n) is 26.0. The third kappa shape index (κ3) is 5.90. The summed E-state index contributed by atoms with van der Waals surface area (Å²) in [6.07, 6.45) is 7.85. The zero-order valence-corrected chi connectivity index (χ0v) is 26.8. The topological polar surface area (TPSA) is 81.2 Å². The number of nitrogens with zero attached hydrogens (tertiary/aromatic N) is 3. The number of aliphatic hydroxyl groups excluding tert-OH is 1. The molecule has 2 bridgehead atoms. The summed E-state index contributed by atoms with van der Waals surface area (Å²) in [4.78, 5) is 48.9. The number of hydrogen-bond acceptors (Lipinski definition) is 5. The first-order chi connectivity index (χ1) is 18.6. The van der Waals surface area contributed by atoms with E-state index in [9.17, 15) is 19.5 Å². The number of amides is 3. The van der Waals surface area contributed by atoms with Crippen LogP contribution in [0.5, 0.6) is 0 Å². The fraction of sp³-hybridized carbons (Fsp3) is 0.781. The minimum atomic E-state index is -0.647. The van der Waals surface area contributed by atoms with Crippen LogP contribution in [0.2, 0.25) is 0 Å². The average Bonchev–Trinajstić information content (AvgIpc) is 3.41. The number of likely N-dealkylation sites (tertiary alicyclic amines) is 1. The summed E-state index contributed by atoms with van der Waals surface area (Å²) in [6, 6.07) is -0.647. The van der Waals surface area contributed by atoms with Crippen molar-refractivity contribution in [1.82, 2.24) is 14.7 Å². The van der Waals surface area contributed by atoms with Gasteiger partial charge in [0.1, 0.15) is 6.04 Å². The summed E-state index contributed by atoms with van der Waals surface area (Å²) >= 11 is 1.73. The summed E-state index contributed by atoms with van der Waals surface area (Å²) in [5.74, 6) is -1.12. The molecule has 3 amide bonds. The molecule has 1 spiro atoms. The fourth-order valence-electron chi connectivity index (χ4n) is 7.93. The zero-order chi connectivity index (χ0) is 30.1. The van der Waals surface area contributed by atoms with Gasteiger partial charge in [0.05, 0.1) is 16.6 Å². The number of hydrogen-bond donors (Lipinski definition) is 1. The van der Waals surface area contributed by atoms with Crippen LogP contribution in [0.4, 0.5) is 0 Å². The van der Waals surface area contributed by atoms with E-state index in [-0.39, 0.29) is 29.7 Å². The Hall–Kier alpha value is -1.80. The molecule has 2 unspecified atom stereocenters. The number of thioether (sulfide) groups is 1. The van der Waals surface area contributed by atoms with Gasteiger partial charge >= 0.3 is 0 Å². The molecule has 0 aromatic carbocycles. The van der Waals surface area contributed by atoms with Gasteiger partial charge in [-0.05, 0) is 64.7 Å². The van der Waals surface area contributed by atoms with Gasteiger partial charge in [-0.2, -0.15) is 0 Å². The van der Waals surface area contributed by atoms with Crippen LogP contribution in [0, 0.1) is 17.3 Å². The van der Waals surface area contributed by atoms with Crippen molar-refractivity contribution in [3.05, 3.63) is 25.3 Å². The molecule has 0 aliphatic carbocycles. The first kappa shape index (κ1) is 32.7. The third-order valence-electron chi connectivity index (χ3n) is 9.01. The van der Waals surface area contributed by atoms with Crippen LogP contribution in [-0.2, 0) is 14.4 Å². The predicted molar refractivity (Wildman–Crippen MR) is 164 cm³/mol. The first-order valence-electron chi connectivity index (χ1n) is 15.1. The molecule has 5 atom stereocenters. The number of rotatable bonds is 14. The lowest BCUT2D eigenvalue weighted by atomic mass is 9.66. The molecule has 1 N–H and O–H groups in total. The van der Waals surface area contributed by atoms with Crippen LogP contribution >= 0.6 is 11.8 Å². The van der Waals surface area contributed by atoms with Crippen molar-refractivity contribution in [3.8, 4) is 0 Å². The van der Waals surface area contributed by atoms with Gasteiger partial charge in [0.25, 0.3) is 0 Å². The van der Waals surface area contributed by atoms with Gasteiger partial charge in [0.15, 0.2) is 0 Å². The molecular weight excluding hydrogens is 522 g/mol. The van der Waals surface area contributed by atoms with E-state index in [0.29, 0.717) is 39.0 Å². The quantitative estimate of drug-likeness (QED) is 0.236. The summed E-state index contributed by atoms with van der Waals surface area (Å²) < 4.78 is -1.05. The molecule has 7 nitrogen and oxygen atoms in total. The Morgan fingerprint density at radius 2 is 1.75 bits per heavy atom. The molecule has 3 fully saturated rings. The van der Waals surface area contributed by atoms with Crippen molar-refractivity contribution in [3.63, 3.8) is 0 Å². The number of fused-ring (bicyclic) bond motifs is 1. The fourth-order valence-corrected chi connectivity index (χ4v) is 10.3. The second-order valence-corrected chi connectivity index (χ2v) is 15.9. The minimum Gasteiger partial charge on any atom is -0.396 e. The standard InChI is InChI=1S/C32H53N3O4S/c1-10-17-33(18-11-2)26(37)23-24-27(38)34(20-13-14-21-36)25(32(24)16-15-31(23,9)40-32)28(39)35(19-12-3)30(7,8)22-29(4,5)6/h10,12,23-25,36H,1,3,11,13-22H2,2,4-9H3/t23-,24-,25?,31+,32?/m0/s1. The molecule has 3 aliphatic heterocycles. The third-order valence-corrected chi connectivity index (χ3v) is 11.0. The summed E-state index contributed by atoms with van der Waals surface area (Å²) in [5.41, 5.74) is -0.462. The Morgan fingerprint density at radius 1 is 1.10 bits per heavy atom. The molecule has 3 aliphatic rings. The maximum Gasteiger partial charge on any atom is 0.247 e. The predicted octanol–water partition coefficient (Wildman–Crippen LogP) is 4.89. The highest BCUT2D eigenvalue weighted by atomic mass is 32.2. The minimum absolute atomic E-state index is 0.00419.